The van der Waals surface area contributed by atoms with Gasteiger partial charge in [-0.15, -0.1) is 11.3 Å². The molecule has 7 heteroatoms. The predicted octanol–water partition coefficient (Wildman–Crippen LogP) is 5.88. The molecule has 0 radical (unpaired) electrons. The average molecular weight is 472 g/mol. The zero-order valence-electron chi connectivity index (χ0n) is 18.0. The molecule has 5 nitrogen and oxygen atoms in total. The third-order valence-electron chi connectivity index (χ3n) is 6.29. The average Bonchev–Trinajstić information content (AvgIpc) is 3.30. The molecule has 3 aromatic heterocycles. The zero-order chi connectivity index (χ0) is 22.2. The van der Waals surface area contributed by atoms with Crippen LogP contribution in [0, 0.1) is 0 Å². The van der Waals surface area contributed by atoms with Crippen LogP contribution < -0.4 is 4.90 Å². The Morgan fingerprint density at radius 1 is 0.879 bits per heavy atom. The second kappa shape index (κ2) is 8.71. The molecule has 164 valence electrons. The summed E-state index contributed by atoms with van der Waals surface area (Å²) in [5, 5.41) is 5.25. The van der Waals surface area contributed by atoms with Crippen molar-refractivity contribution in [1.82, 2.24) is 19.9 Å². The predicted molar refractivity (Wildman–Crippen MR) is 137 cm³/mol. The molecule has 0 amide bonds. The molecule has 6 rings (SSSR count). The number of hydrogen-bond acceptors (Lipinski definition) is 6. The lowest BCUT2D eigenvalue weighted by atomic mass is 10.1. The third kappa shape index (κ3) is 3.95. The van der Waals surface area contributed by atoms with E-state index in [-0.39, 0.29) is 0 Å². The highest BCUT2D eigenvalue weighted by molar-refractivity contribution is 7.17. The van der Waals surface area contributed by atoms with Crippen LogP contribution in [0.3, 0.4) is 0 Å². The normalized spacial score (nSPS) is 14.9. The van der Waals surface area contributed by atoms with E-state index in [4.69, 9.17) is 16.6 Å². The fourth-order valence-electron chi connectivity index (χ4n) is 4.59. The van der Waals surface area contributed by atoms with E-state index in [1.807, 2.05) is 24.4 Å². The van der Waals surface area contributed by atoms with Crippen LogP contribution in [0.2, 0.25) is 5.02 Å². The summed E-state index contributed by atoms with van der Waals surface area (Å²) in [6, 6.07) is 18.6. The Kier molecular flexibility index (Phi) is 5.42. The molecule has 33 heavy (non-hydrogen) atoms. The maximum atomic E-state index is 6.11. The molecule has 0 bridgehead atoms. The monoisotopic (exact) mass is 471 g/mol. The van der Waals surface area contributed by atoms with Gasteiger partial charge in [-0.1, -0.05) is 48.0 Å². The quantitative estimate of drug-likeness (QED) is 0.327. The summed E-state index contributed by atoms with van der Waals surface area (Å²) in [5.74, 6) is 1.03. The second-order valence-corrected chi connectivity index (χ2v) is 9.58. The van der Waals surface area contributed by atoms with Gasteiger partial charge >= 0.3 is 0 Å². The van der Waals surface area contributed by atoms with Crippen molar-refractivity contribution in [2.45, 2.75) is 6.54 Å². The number of piperazine rings is 1. The van der Waals surface area contributed by atoms with Gasteiger partial charge < -0.3 is 4.90 Å². The molecule has 0 spiro atoms. The van der Waals surface area contributed by atoms with Crippen LogP contribution in [0.1, 0.15) is 5.56 Å². The Hall–Kier alpha value is -3.06. The molecule has 4 heterocycles. The first-order chi connectivity index (χ1) is 16.3. The summed E-state index contributed by atoms with van der Waals surface area (Å²) in [6.07, 6.45) is 3.57. The van der Waals surface area contributed by atoms with Crippen molar-refractivity contribution < 1.29 is 0 Å². The van der Waals surface area contributed by atoms with Crippen LogP contribution in [-0.2, 0) is 6.54 Å². The summed E-state index contributed by atoms with van der Waals surface area (Å²) < 4.78 is 0. The molecule has 0 saturated carbocycles. The zero-order valence-corrected chi connectivity index (χ0v) is 19.6. The van der Waals surface area contributed by atoms with Crippen LogP contribution in [-0.4, -0.2) is 46.0 Å². The Labute approximate surface area is 201 Å². The molecule has 0 unspecified atom stereocenters. The highest BCUT2D eigenvalue weighted by Crippen LogP contribution is 2.38. The minimum Gasteiger partial charge on any atom is -0.353 e. The van der Waals surface area contributed by atoms with Crippen LogP contribution in [0.4, 0.5) is 5.82 Å². The van der Waals surface area contributed by atoms with Crippen LogP contribution >= 0.6 is 22.9 Å². The van der Waals surface area contributed by atoms with Crippen LogP contribution in [0.25, 0.3) is 32.2 Å². The summed E-state index contributed by atoms with van der Waals surface area (Å²) in [4.78, 5) is 19.8. The molecule has 1 fully saturated rings. The largest absolute Gasteiger partial charge is 0.353 e. The minimum atomic E-state index is 0.743. The second-order valence-electron chi connectivity index (χ2n) is 8.29. The Balaban J connectivity index is 1.24. The van der Waals surface area contributed by atoms with Gasteiger partial charge in [0.15, 0.2) is 0 Å². The number of hydrogen-bond donors (Lipinski definition) is 0. The van der Waals surface area contributed by atoms with Gasteiger partial charge in [-0.05, 0) is 29.3 Å². The van der Waals surface area contributed by atoms with Gasteiger partial charge in [-0.2, -0.15) is 0 Å². The molecule has 0 atom stereocenters. The van der Waals surface area contributed by atoms with Crippen LogP contribution in [0.15, 0.2) is 72.5 Å². The van der Waals surface area contributed by atoms with Gasteiger partial charge in [0.1, 0.15) is 17.0 Å². The number of aromatic nitrogens is 3. The molecular formula is C26H22ClN5S. The van der Waals surface area contributed by atoms with Gasteiger partial charge in [0.2, 0.25) is 0 Å². The van der Waals surface area contributed by atoms with E-state index < -0.39 is 0 Å². The maximum Gasteiger partial charge on any atom is 0.141 e. The first-order valence-electron chi connectivity index (χ1n) is 11.0. The van der Waals surface area contributed by atoms with Crippen molar-refractivity contribution in [3.05, 3.63) is 83.1 Å². The fraction of sp³-hybridized carbons (Fsp3) is 0.192. The van der Waals surface area contributed by atoms with Gasteiger partial charge in [0, 0.05) is 60.3 Å². The van der Waals surface area contributed by atoms with E-state index in [9.17, 15) is 0 Å². The number of fused-ring (bicyclic) bond motifs is 2. The summed E-state index contributed by atoms with van der Waals surface area (Å²) >= 11 is 7.78. The lowest BCUT2D eigenvalue weighted by Gasteiger charge is -2.35. The first kappa shape index (κ1) is 20.5. The number of thiophene rings is 1. The summed E-state index contributed by atoms with van der Waals surface area (Å²) in [5.41, 5.74) is 4.70. The minimum absolute atomic E-state index is 0.743. The molecular weight excluding hydrogens is 450 g/mol. The smallest absolute Gasteiger partial charge is 0.141 e. The van der Waals surface area contributed by atoms with Gasteiger partial charge in [0.25, 0.3) is 0 Å². The highest BCUT2D eigenvalue weighted by Gasteiger charge is 2.23. The van der Waals surface area contributed by atoms with Crippen molar-refractivity contribution in [1.29, 1.82) is 0 Å². The maximum absolute atomic E-state index is 6.11. The first-order valence-corrected chi connectivity index (χ1v) is 12.3. The van der Waals surface area contributed by atoms with Crippen molar-refractivity contribution >= 4 is 49.9 Å². The van der Waals surface area contributed by atoms with Gasteiger partial charge in [0.05, 0.1) is 10.9 Å². The molecule has 5 aromatic rings. The lowest BCUT2D eigenvalue weighted by Crippen LogP contribution is -2.46. The van der Waals surface area contributed by atoms with Crippen LogP contribution in [0.5, 0.6) is 0 Å². The van der Waals surface area contributed by atoms with Crippen molar-refractivity contribution in [3.63, 3.8) is 0 Å². The number of nitrogens with zero attached hydrogens (tertiary/aromatic N) is 5. The standard InChI is InChI=1S/C26H22ClN5S/c27-21-8-6-18(7-9-21)22-16-33-26-23(22)25(29-17-30-26)32-13-11-31(12-14-32)15-20-4-1-3-19-5-2-10-28-24(19)20/h1-10,16-17H,11-15H2. The SMILES string of the molecule is Clc1ccc(-c2csc3ncnc(N4CCN(Cc5cccc6cccnc56)CC4)c23)cc1. The van der Waals surface area contributed by atoms with Gasteiger partial charge in [-0.3, -0.25) is 9.88 Å². The lowest BCUT2D eigenvalue weighted by molar-refractivity contribution is 0.250. The molecule has 1 aliphatic heterocycles. The van der Waals surface area contributed by atoms with Crippen molar-refractivity contribution in [2.24, 2.45) is 0 Å². The fourth-order valence-corrected chi connectivity index (χ4v) is 5.63. The summed E-state index contributed by atoms with van der Waals surface area (Å²) in [6.45, 7) is 4.74. The van der Waals surface area contributed by atoms with E-state index in [2.05, 4.69) is 61.5 Å². The molecule has 0 aliphatic carbocycles. The number of halogens is 1. The Morgan fingerprint density at radius 2 is 1.70 bits per heavy atom. The number of benzene rings is 2. The van der Waals surface area contributed by atoms with E-state index >= 15 is 0 Å². The number of pyridine rings is 1. The molecule has 0 N–H and O–H groups in total. The van der Waals surface area contributed by atoms with E-state index in [1.54, 1.807) is 17.7 Å². The molecule has 1 aliphatic rings. The number of rotatable bonds is 4. The topological polar surface area (TPSA) is 45.2 Å². The summed E-state index contributed by atoms with van der Waals surface area (Å²) in [7, 11) is 0. The third-order valence-corrected chi connectivity index (χ3v) is 7.43. The molecule has 1 saturated heterocycles. The van der Waals surface area contributed by atoms with E-state index in [0.717, 1.165) is 64.9 Å². The number of para-hydroxylation sites is 1. The Bertz CT molecular complexity index is 1420. The van der Waals surface area contributed by atoms with E-state index in [1.165, 1.54) is 16.5 Å². The van der Waals surface area contributed by atoms with Crippen molar-refractivity contribution in [2.75, 3.05) is 31.1 Å². The highest BCUT2D eigenvalue weighted by atomic mass is 35.5. The van der Waals surface area contributed by atoms with Gasteiger partial charge in [-0.25, -0.2) is 9.97 Å². The molecule has 2 aromatic carbocycles. The Morgan fingerprint density at radius 3 is 2.55 bits per heavy atom. The number of anilines is 1. The van der Waals surface area contributed by atoms with E-state index in [0.29, 0.717) is 0 Å². The van der Waals surface area contributed by atoms with Crippen molar-refractivity contribution in [3.8, 4) is 11.1 Å².